The summed E-state index contributed by atoms with van der Waals surface area (Å²) in [5.74, 6) is -0.878. The molecular weight excluding hydrogens is 282 g/mol. The second-order valence-electron chi connectivity index (χ2n) is 5.42. The predicted molar refractivity (Wildman–Crippen MR) is 79.9 cm³/mol. The van der Waals surface area contributed by atoms with Crippen molar-refractivity contribution in [3.05, 3.63) is 52.0 Å². The number of fused-ring (bicyclic) bond motifs is 1. The van der Waals surface area contributed by atoms with Crippen molar-refractivity contribution in [1.29, 1.82) is 0 Å². The molecule has 0 saturated heterocycles. The number of benzene rings is 1. The molecule has 0 radical (unpaired) electrons. The molecular formula is C17H15NO4. The van der Waals surface area contributed by atoms with Gasteiger partial charge in [0.1, 0.15) is 11.3 Å². The van der Waals surface area contributed by atoms with Crippen LogP contribution < -0.4 is 0 Å². The molecule has 22 heavy (non-hydrogen) atoms. The Morgan fingerprint density at radius 1 is 1.05 bits per heavy atom. The third kappa shape index (κ3) is 1.97. The van der Waals surface area contributed by atoms with Gasteiger partial charge in [0, 0.05) is 11.6 Å². The van der Waals surface area contributed by atoms with E-state index in [9.17, 15) is 9.59 Å². The molecule has 0 bridgehead atoms. The SMILES string of the molecule is COC1=CC(=O)c2c(-c3c(C)cc(C)cc3C)noc2C1=O. The Labute approximate surface area is 127 Å². The number of ketones is 2. The molecule has 5 heteroatoms. The van der Waals surface area contributed by atoms with E-state index in [2.05, 4.69) is 5.16 Å². The molecule has 0 unspecified atom stereocenters. The van der Waals surface area contributed by atoms with Crippen molar-refractivity contribution in [2.45, 2.75) is 20.8 Å². The minimum atomic E-state index is -0.460. The van der Waals surface area contributed by atoms with E-state index in [-0.39, 0.29) is 22.9 Å². The summed E-state index contributed by atoms with van der Waals surface area (Å²) in [4.78, 5) is 24.5. The molecule has 112 valence electrons. The monoisotopic (exact) mass is 297 g/mol. The number of carbonyl (C=O) groups excluding carboxylic acids is 2. The minimum Gasteiger partial charge on any atom is -0.492 e. The second-order valence-corrected chi connectivity index (χ2v) is 5.42. The zero-order valence-corrected chi connectivity index (χ0v) is 12.8. The summed E-state index contributed by atoms with van der Waals surface area (Å²) in [5, 5.41) is 3.98. The Bertz CT molecular complexity index is 819. The number of aromatic nitrogens is 1. The van der Waals surface area contributed by atoms with E-state index in [1.807, 2.05) is 32.9 Å². The largest absolute Gasteiger partial charge is 0.492 e. The van der Waals surface area contributed by atoms with Gasteiger partial charge < -0.3 is 9.26 Å². The van der Waals surface area contributed by atoms with E-state index in [0.29, 0.717) is 5.69 Å². The smallest absolute Gasteiger partial charge is 0.266 e. The molecule has 1 heterocycles. The number of hydrogen-bond donors (Lipinski definition) is 0. The number of nitrogens with zero attached hydrogens (tertiary/aromatic N) is 1. The molecule has 1 aliphatic rings. The quantitative estimate of drug-likeness (QED) is 0.851. The van der Waals surface area contributed by atoms with E-state index < -0.39 is 5.78 Å². The fraction of sp³-hybridized carbons (Fsp3) is 0.235. The van der Waals surface area contributed by atoms with Gasteiger partial charge in [-0.05, 0) is 31.9 Å². The summed E-state index contributed by atoms with van der Waals surface area (Å²) in [6.45, 7) is 5.90. The maximum atomic E-state index is 12.3. The Hall–Kier alpha value is -2.69. The molecule has 0 amide bonds. The topological polar surface area (TPSA) is 69.4 Å². The van der Waals surface area contributed by atoms with E-state index >= 15 is 0 Å². The summed E-state index contributed by atoms with van der Waals surface area (Å²) in [7, 11) is 1.34. The van der Waals surface area contributed by atoms with Gasteiger partial charge in [-0.1, -0.05) is 22.9 Å². The van der Waals surface area contributed by atoms with Gasteiger partial charge in [0.05, 0.1) is 7.11 Å². The van der Waals surface area contributed by atoms with Crippen molar-refractivity contribution in [3.63, 3.8) is 0 Å². The first-order valence-corrected chi connectivity index (χ1v) is 6.86. The van der Waals surface area contributed by atoms with Gasteiger partial charge >= 0.3 is 0 Å². The highest BCUT2D eigenvalue weighted by molar-refractivity contribution is 6.24. The fourth-order valence-electron chi connectivity index (χ4n) is 2.92. The van der Waals surface area contributed by atoms with Gasteiger partial charge in [0.15, 0.2) is 11.5 Å². The van der Waals surface area contributed by atoms with Gasteiger partial charge in [0.25, 0.3) is 5.78 Å². The summed E-state index contributed by atoms with van der Waals surface area (Å²) in [6, 6.07) is 4.02. The normalized spacial score (nSPS) is 13.9. The number of Topliss-reactive ketones (excluding diaryl/α,β-unsaturated/α-hetero) is 1. The molecule has 0 spiro atoms. The second kappa shape index (κ2) is 4.94. The van der Waals surface area contributed by atoms with Gasteiger partial charge in [-0.25, -0.2) is 0 Å². The van der Waals surface area contributed by atoms with Crippen LogP contribution in [0, 0.1) is 20.8 Å². The van der Waals surface area contributed by atoms with Crippen LogP contribution in [0.2, 0.25) is 0 Å². The van der Waals surface area contributed by atoms with Gasteiger partial charge in [0.2, 0.25) is 5.76 Å². The maximum absolute atomic E-state index is 12.3. The van der Waals surface area contributed by atoms with Crippen LogP contribution in [0.4, 0.5) is 0 Å². The van der Waals surface area contributed by atoms with Crippen molar-refractivity contribution < 1.29 is 18.8 Å². The molecule has 0 aliphatic heterocycles. The van der Waals surface area contributed by atoms with Crippen molar-refractivity contribution in [2.24, 2.45) is 0 Å². The van der Waals surface area contributed by atoms with Gasteiger partial charge in [-0.2, -0.15) is 0 Å². The lowest BCUT2D eigenvalue weighted by molar-refractivity contribution is 0.0884. The Morgan fingerprint density at radius 2 is 1.68 bits per heavy atom. The van der Waals surface area contributed by atoms with E-state index in [4.69, 9.17) is 9.26 Å². The Kier molecular flexibility index (Phi) is 3.20. The number of hydrogen-bond acceptors (Lipinski definition) is 5. The summed E-state index contributed by atoms with van der Waals surface area (Å²) in [5.41, 5.74) is 4.53. The lowest BCUT2D eigenvalue weighted by Gasteiger charge is -2.12. The fourth-order valence-corrected chi connectivity index (χ4v) is 2.92. The average molecular weight is 297 g/mol. The highest BCUT2D eigenvalue weighted by Gasteiger charge is 2.35. The third-order valence-electron chi connectivity index (χ3n) is 3.76. The minimum absolute atomic E-state index is 0.0300. The van der Waals surface area contributed by atoms with Crippen LogP contribution in [-0.2, 0) is 4.74 Å². The Balaban J connectivity index is 2.24. The van der Waals surface area contributed by atoms with Crippen molar-refractivity contribution >= 4 is 11.6 Å². The Morgan fingerprint density at radius 3 is 2.27 bits per heavy atom. The van der Waals surface area contributed by atoms with Crippen LogP contribution in [0.1, 0.15) is 37.6 Å². The first-order valence-electron chi connectivity index (χ1n) is 6.86. The molecule has 1 aromatic heterocycles. The number of ether oxygens (including phenoxy) is 1. The number of allylic oxidation sites excluding steroid dienone is 2. The lowest BCUT2D eigenvalue weighted by atomic mass is 9.91. The summed E-state index contributed by atoms with van der Waals surface area (Å²) in [6.07, 6.45) is 1.18. The van der Waals surface area contributed by atoms with Crippen LogP contribution in [0.25, 0.3) is 11.3 Å². The average Bonchev–Trinajstić information content (AvgIpc) is 2.87. The highest BCUT2D eigenvalue weighted by atomic mass is 16.5. The van der Waals surface area contributed by atoms with Crippen LogP contribution in [-0.4, -0.2) is 23.8 Å². The molecule has 0 N–H and O–H groups in total. The number of methoxy groups -OCH3 is 1. The molecule has 0 fully saturated rings. The molecule has 0 saturated carbocycles. The highest BCUT2D eigenvalue weighted by Crippen LogP contribution is 2.35. The van der Waals surface area contributed by atoms with Crippen molar-refractivity contribution in [3.8, 4) is 11.3 Å². The molecule has 3 rings (SSSR count). The molecule has 0 atom stereocenters. The maximum Gasteiger partial charge on any atom is 0.266 e. The van der Waals surface area contributed by atoms with E-state index in [1.54, 1.807) is 0 Å². The zero-order valence-electron chi connectivity index (χ0n) is 12.8. The zero-order chi connectivity index (χ0) is 16.0. The first-order chi connectivity index (χ1) is 10.4. The molecule has 2 aromatic rings. The van der Waals surface area contributed by atoms with Crippen LogP contribution in [0.15, 0.2) is 28.5 Å². The standard InChI is InChI=1S/C17H15NO4/c1-8-5-9(2)13(10(3)6-8)15-14-11(19)7-12(21-4)16(20)17(14)22-18-15/h5-7H,1-4H3. The van der Waals surface area contributed by atoms with Crippen molar-refractivity contribution in [1.82, 2.24) is 5.16 Å². The van der Waals surface area contributed by atoms with Crippen LogP contribution in [0.5, 0.6) is 0 Å². The lowest BCUT2D eigenvalue weighted by Crippen LogP contribution is -2.16. The van der Waals surface area contributed by atoms with Crippen LogP contribution in [0.3, 0.4) is 0 Å². The van der Waals surface area contributed by atoms with Gasteiger partial charge in [-0.15, -0.1) is 0 Å². The van der Waals surface area contributed by atoms with Crippen molar-refractivity contribution in [2.75, 3.05) is 7.11 Å². The summed E-state index contributed by atoms with van der Waals surface area (Å²) < 4.78 is 10.1. The van der Waals surface area contributed by atoms with Crippen LogP contribution >= 0.6 is 0 Å². The van der Waals surface area contributed by atoms with E-state index in [1.165, 1.54) is 13.2 Å². The molecule has 1 aliphatic carbocycles. The van der Waals surface area contributed by atoms with E-state index in [0.717, 1.165) is 22.3 Å². The predicted octanol–water partition coefficient (Wildman–Crippen LogP) is 3.18. The van der Waals surface area contributed by atoms with Gasteiger partial charge in [-0.3, -0.25) is 9.59 Å². The number of carbonyl (C=O) groups is 2. The number of aryl methyl sites for hydroxylation is 3. The number of rotatable bonds is 2. The molecule has 1 aromatic carbocycles. The third-order valence-corrected chi connectivity index (χ3v) is 3.76. The first kappa shape index (κ1) is 14.3. The molecule has 5 nitrogen and oxygen atoms in total. The summed E-state index contributed by atoms with van der Waals surface area (Å²) >= 11 is 0.